The molecular weight excluding hydrogens is 218 g/mol. The minimum atomic E-state index is -0.498. The Morgan fingerprint density at radius 1 is 1.41 bits per heavy atom. The number of aromatic amines is 1. The lowest BCUT2D eigenvalue weighted by molar-refractivity contribution is 0.320. The maximum Gasteiger partial charge on any atom is 0.329 e. The fourth-order valence-electron chi connectivity index (χ4n) is 1.77. The summed E-state index contributed by atoms with van der Waals surface area (Å²) in [5.41, 5.74) is -0.673. The van der Waals surface area contributed by atoms with Gasteiger partial charge in [0.25, 0.3) is 5.56 Å². The lowest BCUT2D eigenvalue weighted by Crippen LogP contribution is -2.45. The van der Waals surface area contributed by atoms with Crippen LogP contribution >= 0.6 is 0 Å². The summed E-state index contributed by atoms with van der Waals surface area (Å²) in [5.74, 6) is 0. The Morgan fingerprint density at radius 2 is 2.12 bits per heavy atom. The van der Waals surface area contributed by atoms with Gasteiger partial charge in [-0.25, -0.2) is 4.79 Å². The first-order valence-corrected chi connectivity index (χ1v) is 5.57. The predicted octanol–water partition coefficient (Wildman–Crippen LogP) is 1.23. The van der Waals surface area contributed by atoms with E-state index in [2.05, 4.69) is 9.97 Å². The fourth-order valence-corrected chi connectivity index (χ4v) is 1.77. The zero-order valence-electron chi connectivity index (χ0n) is 10.2. The van der Waals surface area contributed by atoms with Crippen molar-refractivity contribution in [3.63, 3.8) is 0 Å². The van der Waals surface area contributed by atoms with Gasteiger partial charge in [0.05, 0.1) is 17.1 Å². The molecule has 2 aromatic heterocycles. The monoisotopic (exact) mass is 233 g/mol. The molecule has 0 amide bonds. The van der Waals surface area contributed by atoms with Gasteiger partial charge in [0, 0.05) is 11.7 Å². The normalized spacial score (nSPS) is 11.9. The van der Waals surface area contributed by atoms with E-state index < -0.39 is 5.54 Å². The molecule has 0 aromatic carbocycles. The first-order valence-electron chi connectivity index (χ1n) is 5.57. The molecule has 1 N–H and O–H groups in total. The fraction of sp³-hybridized carbons (Fsp3) is 0.417. The van der Waals surface area contributed by atoms with E-state index in [-0.39, 0.29) is 11.2 Å². The third kappa shape index (κ3) is 1.77. The van der Waals surface area contributed by atoms with Crippen LogP contribution < -0.4 is 11.2 Å². The van der Waals surface area contributed by atoms with Crippen LogP contribution in [0.5, 0.6) is 0 Å². The number of rotatable bonds is 2. The van der Waals surface area contributed by atoms with E-state index >= 15 is 0 Å². The molecule has 0 saturated carbocycles. The van der Waals surface area contributed by atoms with E-state index in [1.807, 2.05) is 20.8 Å². The zero-order chi connectivity index (χ0) is 12.6. The summed E-state index contributed by atoms with van der Waals surface area (Å²) in [6.45, 7) is 5.69. The van der Waals surface area contributed by atoms with Gasteiger partial charge in [0.2, 0.25) is 0 Å². The van der Waals surface area contributed by atoms with Crippen LogP contribution in [0, 0.1) is 0 Å². The minimum Gasteiger partial charge on any atom is -0.305 e. The molecule has 2 heterocycles. The second-order valence-corrected chi connectivity index (χ2v) is 4.66. The first-order chi connectivity index (χ1) is 7.97. The van der Waals surface area contributed by atoms with Gasteiger partial charge in [-0.3, -0.25) is 14.3 Å². The number of hydrogen-bond acceptors (Lipinski definition) is 3. The van der Waals surface area contributed by atoms with Crippen LogP contribution in [0.2, 0.25) is 0 Å². The van der Waals surface area contributed by atoms with Crippen LogP contribution in [0.25, 0.3) is 10.9 Å². The quantitative estimate of drug-likeness (QED) is 0.848. The molecule has 17 heavy (non-hydrogen) atoms. The van der Waals surface area contributed by atoms with Gasteiger partial charge >= 0.3 is 5.69 Å². The predicted molar refractivity (Wildman–Crippen MR) is 66.2 cm³/mol. The van der Waals surface area contributed by atoms with E-state index in [0.29, 0.717) is 17.3 Å². The third-order valence-corrected chi connectivity index (χ3v) is 3.17. The van der Waals surface area contributed by atoms with Crippen LogP contribution in [-0.4, -0.2) is 14.5 Å². The molecule has 2 aromatic rings. The van der Waals surface area contributed by atoms with Gasteiger partial charge in [0.1, 0.15) is 0 Å². The molecule has 0 aliphatic rings. The second kappa shape index (κ2) is 3.84. The van der Waals surface area contributed by atoms with Crippen LogP contribution in [0.1, 0.15) is 27.2 Å². The number of hydrogen-bond donors (Lipinski definition) is 1. The molecule has 0 fully saturated rings. The number of nitrogens with zero attached hydrogens (tertiary/aromatic N) is 2. The Labute approximate surface area is 98.1 Å². The standard InChI is InChI=1S/C12H15N3O2/c1-4-12(2,3)15-10(16)8-5-6-13-7-9(8)14-11(15)17/h5-7H,4H2,1-3H3,(H,14,17). The smallest absolute Gasteiger partial charge is 0.305 e. The highest BCUT2D eigenvalue weighted by atomic mass is 16.2. The number of aromatic nitrogens is 3. The van der Waals surface area contributed by atoms with Gasteiger partial charge in [0.15, 0.2) is 0 Å². The molecule has 0 aliphatic heterocycles. The minimum absolute atomic E-state index is 0.266. The SMILES string of the molecule is CCC(C)(C)n1c(=O)[nH]c2cnccc2c1=O. The Kier molecular flexibility index (Phi) is 2.61. The van der Waals surface area contributed by atoms with Crippen molar-refractivity contribution in [2.24, 2.45) is 0 Å². The summed E-state index contributed by atoms with van der Waals surface area (Å²) >= 11 is 0. The Hall–Kier alpha value is -1.91. The van der Waals surface area contributed by atoms with Crippen molar-refractivity contribution < 1.29 is 0 Å². The van der Waals surface area contributed by atoms with Crippen LogP contribution in [0.3, 0.4) is 0 Å². The highest BCUT2D eigenvalue weighted by molar-refractivity contribution is 5.75. The lowest BCUT2D eigenvalue weighted by atomic mass is 10.0. The van der Waals surface area contributed by atoms with Crippen molar-refractivity contribution in [3.05, 3.63) is 39.3 Å². The maximum absolute atomic E-state index is 12.3. The highest BCUT2D eigenvalue weighted by Crippen LogP contribution is 2.15. The summed E-state index contributed by atoms with van der Waals surface area (Å²) in [4.78, 5) is 30.8. The van der Waals surface area contributed by atoms with Gasteiger partial charge in [-0.2, -0.15) is 0 Å². The van der Waals surface area contributed by atoms with E-state index in [1.165, 1.54) is 10.8 Å². The van der Waals surface area contributed by atoms with Crippen LogP contribution in [-0.2, 0) is 5.54 Å². The van der Waals surface area contributed by atoms with Crippen molar-refractivity contribution in [2.45, 2.75) is 32.7 Å². The average molecular weight is 233 g/mol. The lowest BCUT2D eigenvalue weighted by Gasteiger charge is -2.24. The summed E-state index contributed by atoms with van der Waals surface area (Å²) in [7, 11) is 0. The second-order valence-electron chi connectivity index (χ2n) is 4.66. The summed E-state index contributed by atoms with van der Waals surface area (Å²) in [6.07, 6.45) is 3.74. The molecule has 0 bridgehead atoms. The molecule has 0 unspecified atom stereocenters. The number of nitrogens with one attached hydrogen (secondary N) is 1. The maximum atomic E-state index is 12.3. The van der Waals surface area contributed by atoms with Crippen molar-refractivity contribution in [2.75, 3.05) is 0 Å². The molecule has 0 spiro atoms. The number of fused-ring (bicyclic) bond motifs is 1. The van der Waals surface area contributed by atoms with Crippen molar-refractivity contribution in [1.82, 2.24) is 14.5 Å². The van der Waals surface area contributed by atoms with Crippen molar-refractivity contribution in [3.8, 4) is 0 Å². The summed E-state index contributed by atoms with van der Waals surface area (Å²) < 4.78 is 1.27. The molecule has 2 rings (SSSR count). The van der Waals surface area contributed by atoms with Gasteiger partial charge < -0.3 is 4.98 Å². The molecule has 0 atom stereocenters. The Morgan fingerprint density at radius 3 is 2.76 bits per heavy atom. The molecule has 90 valence electrons. The zero-order valence-corrected chi connectivity index (χ0v) is 10.2. The van der Waals surface area contributed by atoms with Gasteiger partial charge in [-0.15, -0.1) is 0 Å². The van der Waals surface area contributed by atoms with Gasteiger partial charge in [-0.05, 0) is 26.3 Å². The molecule has 5 heteroatoms. The van der Waals surface area contributed by atoms with E-state index in [1.54, 1.807) is 12.3 Å². The van der Waals surface area contributed by atoms with Crippen molar-refractivity contribution >= 4 is 10.9 Å². The average Bonchev–Trinajstić information content (AvgIpc) is 2.28. The summed E-state index contributed by atoms with van der Waals surface area (Å²) in [6, 6.07) is 1.62. The molecule has 0 saturated heterocycles. The van der Waals surface area contributed by atoms with Crippen LogP contribution in [0.4, 0.5) is 0 Å². The molecular formula is C12H15N3O2. The Balaban J connectivity index is 2.92. The van der Waals surface area contributed by atoms with Crippen molar-refractivity contribution in [1.29, 1.82) is 0 Å². The highest BCUT2D eigenvalue weighted by Gasteiger charge is 2.22. The first kappa shape index (κ1) is 11.6. The number of pyridine rings is 1. The Bertz CT molecular complexity index is 667. The van der Waals surface area contributed by atoms with E-state index in [9.17, 15) is 9.59 Å². The van der Waals surface area contributed by atoms with Gasteiger partial charge in [-0.1, -0.05) is 6.92 Å². The van der Waals surface area contributed by atoms with Crippen LogP contribution in [0.15, 0.2) is 28.0 Å². The third-order valence-electron chi connectivity index (χ3n) is 3.17. The molecule has 0 aliphatic carbocycles. The topological polar surface area (TPSA) is 67.8 Å². The molecule has 5 nitrogen and oxygen atoms in total. The van der Waals surface area contributed by atoms with E-state index in [4.69, 9.17) is 0 Å². The summed E-state index contributed by atoms with van der Waals surface area (Å²) in [5, 5.41) is 0.487. The van der Waals surface area contributed by atoms with E-state index in [0.717, 1.165) is 0 Å². The molecule has 0 radical (unpaired) electrons. The number of H-pyrrole nitrogens is 1. The largest absolute Gasteiger partial charge is 0.329 e.